The molecule has 3 rings (SSSR count). The predicted molar refractivity (Wildman–Crippen MR) is 94.2 cm³/mol. The second-order valence-corrected chi connectivity index (χ2v) is 6.87. The number of rotatable bonds is 6. The lowest BCUT2D eigenvalue weighted by molar-refractivity contribution is 0.183. The molecule has 0 aliphatic heterocycles. The van der Waals surface area contributed by atoms with Crippen LogP contribution in [0.25, 0.3) is 10.9 Å². The van der Waals surface area contributed by atoms with Gasteiger partial charge >= 0.3 is 0 Å². The van der Waals surface area contributed by atoms with Crippen LogP contribution in [0, 0.1) is 6.92 Å². The molecule has 0 radical (unpaired) electrons. The first-order chi connectivity index (χ1) is 11.6. The van der Waals surface area contributed by atoms with Gasteiger partial charge in [0.15, 0.2) is 5.16 Å². The standard InChI is InChI=1S/C15H15BrN4O3S/c1-9-18-19-13(23-9)8-24-15-17-12-4-3-10(16)7-11(12)14(21)20(15)5-6-22-2/h3-4,7H,5-6,8H2,1-2H3. The molecule has 0 aliphatic carbocycles. The SMILES string of the molecule is COCCn1c(SCc2nnc(C)o2)nc2ccc(Br)cc2c1=O. The minimum atomic E-state index is -0.0949. The Morgan fingerprint density at radius 3 is 2.92 bits per heavy atom. The summed E-state index contributed by atoms with van der Waals surface area (Å²) in [7, 11) is 1.60. The second-order valence-electron chi connectivity index (χ2n) is 5.01. The van der Waals surface area contributed by atoms with Crippen molar-refractivity contribution < 1.29 is 9.15 Å². The molecule has 2 heterocycles. The average molecular weight is 411 g/mol. The second kappa shape index (κ2) is 7.45. The molecule has 24 heavy (non-hydrogen) atoms. The molecule has 9 heteroatoms. The van der Waals surface area contributed by atoms with E-state index < -0.39 is 0 Å². The highest BCUT2D eigenvalue weighted by Gasteiger charge is 2.13. The fourth-order valence-electron chi connectivity index (χ4n) is 2.18. The zero-order chi connectivity index (χ0) is 17.1. The summed E-state index contributed by atoms with van der Waals surface area (Å²) < 4.78 is 12.9. The van der Waals surface area contributed by atoms with Crippen LogP contribution in [-0.4, -0.2) is 33.5 Å². The first-order valence-corrected chi connectivity index (χ1v) is 8.97. The average Bonchev–Trinajstić information content (AvgIpc) is 2.98. The largest absolute Gasteiger partial charge is 0.425 e. The number of hydrogen-bond donors (Lipinski definition) is 0. The van der Waals surface area contributed by atoms with Crippen LogP contribution in [0.1, 0.15) is 11.8 Å². The number of benzene rings is 1. The molecule has 0 unspecified atom stereocenters. The van der Waals surface area contributed by atoms with Crippen molar-refractivity contribution in [1.82, 2.24) is 19.7 Å². The van der Waals surface area contributed by atoms with E-state index in [1.807, 2.05) is 12.1 Å². The number of ether oxygens (including phenoxy) is 1. The summed E-state index contributed by atoms with van der Waals surface area (Å²) in [5.41, 5.74) is 0.559. The van der Waals surface area contributed by atoms with Crippen molar-refractivity contribution in [1.29, 1.82) is 0 Å². The topological polar surface area (TPSA) is 83.0 Å². The number of aromatic nitrogens is 4. The molecule has 0 aliphatic rings. The van der Waals surface area contributed by atoms with E-state index in [0.717, 1.165) is 4.47 Å². The van der Waals surface area contributed by atoms with Crippen LogP contribution in [-0.2, 0) is 17.0 Å². The fourth-order valence-corrected chi connectivity index (χ4v) is 3.41. The molecule has 0 atom stereocenters. The quantitative estimate of drug-likeness (QED) is 0.456. The minimum Gasteiger partial charge on any atom is -0.425 e. The normalized spacial score (nSPS) is 11.3. The van der Waals surface area contributed by atoms with Gasteiger partial charge in [-0.3, -0.25) is 9.36 Å². The van der Waals surface area contributed by atoms with Crippen molar-refractivity contribution in [3.63, 3.8) is 0 Å². The fraction of sp³-hybridized carbons (Fsp3) is 0.333. The molecule has 126 valence electrons. The van der Waals surface area contributed by atoms with Crippen LogP contribution in [0.15, 0.2) is 37.0 Å². The molecule has 7 nitrogen and oxygen atoms in total. The van der Waals surface area contributed by atoms with Gasteiger partial charge in [-0.1, -0.05) is 27.7 Å². The monoisotopic (exact) mass is 410 g/mol. The van der Waals surface area contributed by atoms with Gasteiger partial charge in [0.25, 0.3) is 5.56 Å². The molecule has 0 amide bonds. The Morgan fingerprint density at radius 1 is 1.38 bits per heavy atom. The number of aryl methyl sites for hydroxylation is 1. The molecule has 0 spiro atoms. The Balaban J connectivity index is 2.00. The predicted octanol–water partition coefficient (Wildman–Crippen LogP) is 2.79. The van der Waals surface area contributed by atoms with Crippen LogP contribution >= 0.6 is 27.7 Å². The van der Waals surface area contributed by atoms with E-state index in [1.54, 1.807) is 24.7 Å². The molecule has 0 bridgehead atoms. The highest BCUT2D eigenvalue weighted by molar-refractivity contribution is 9.10. The zero-order valence-corrected chi connectivity index (χ0v) is 15.6. The Labute approximate surface area is 150 Å². The molecular weight excluding hydrogens is 396 g/mol. The highest BCUT2D eigenvalue weighted by atomic mass is 79.9. The lowest BCUT2D eigenvalue weighted by atomic mass is 10.2. The molecule has 0 N–H and O–H groups in total. The van der Waals surface area contributed by atoms with Crippen molar-refractivity contribution in [3.05, 3.63) is 44.8 Å². The number of thioether (sulfide) groups is 1. The van der Waals surface area contributed by atoms with Crippen LogP contribution < -0.4 is 5.56 Å². The van der Waals surface area contributed by atoms with Gasteiger partial charge in [-0.25, -0.2) is 4.98 Å². The van der Waals surface area contributed by atoms with E-state index in [-0.39, 0.29) is 5.56 Å². The Kier molecular flexibility index (Phi) is 5.32. The Morgan fingerprint density at radius 2 is 2.21 bits per heavy atom. The number of hydrogen-bond acceptors (Lipinski definition) is 7. The third kappa shape index (κ3) is 3.68. The van der Waals surface area contributed by atoms with Crippen LogP contribution in [0.4, 0.5) is 0 Å². The first-order valence-electron chi connectivity index (χ1n) is 7.19. The van der Waals surface area contributed by atoms with Crippen molar-refractivity contribution in [2.24, 2.45) is 0 Å². The van der Waals surface area contributed by atoms with Gasteiger partial charge in [0, 0.05) is 18.5 Å². The van der Waals surface area contributed by atoms with Crippen molar-refractivity contribution in [2.45, 2.75) is 24.4 Å². The summed E-state index contributed by atoms with van der Waals surface area (Å²) in [5.74, 6) is 1.46. The summed E-state index contributed by atoms with van der Waals surface area (Å²) in [6.07, 6.45) is 0. The third-order valence-electron chi connectivity index (χ3n) is 3.29. The van der Waals surface area contributed by atoms with E-state index in [0.29, 0.717) is 46.7 Å². The van der Waals surface area contributed by atoms with Gasteiger partial charge in [0.05, 0.1) is 29.8 Å². The number of nitrogens with zero attached hydrogens (tertiary/aromatic N) is 4. The highest BCUT2D eigenvalue weighted by Crippen LogP contribution is 2.23. The maximum atomic E-state index is 12.8. The van der Waals surface area contributed by atoms with Gasteiger partial charge < -0.3 is 9.15 Å². The van der Waals surface area contributed by atoms with Crippen LogP contribution in [0.2, 0.25) is 0 Å². The third-order valence-corrected chi connectivity index (χ3v) is 4.75. The maximum Gasteiger partial charge on any atom is 0.262 e. The number of fused-ring (bicyclic) bond motifs is 1. The van der Waals surface area contributed by atoms with E-state index in [2.05, 4.69) is 31.1 Å². The molecule has 0 saturated carbocycles. The zero-order valence-electron chi connectivity index (χ0n) is 13.2. The van der Waals surface area contributed by atoms with Gasteiger partial charge in [-0.15, -0.1) is 10.2 Å². The summed E-state index contributed by atoms with van der Waals surface area (Å²) in [6.45, 7) is 2.59. The molecule has 1 aromatic carbocycles. The molecular formula is C15H15BrN4O3S. The first kappa shape index (κ1) is 17.1. The van der Waals surface area contributed by atoms with E-state index >= 15 is 0 Å². The molecule has 0 fully saturated rings. The summed E-state index contributed by atoms with van der Waals surface area (Å²) >= 11 is 4.78. The van der Waals surface area contributed by atoms with Gasteiger partial charge in [0.2, 0.25) is 11.8 Å². The van der Waals surface area contributed by atoms with Crippen molar-refractivity contribution in [3.8, 4) is 0 Å². The number of halogens is 1. The Hall–Kier alpha value is -1.71. The van der Waals surface area contributed by atoms with Crippen molar-refractivity contribution in [2.75, 3.05) is 13.7 Å². The van der Waals surface area contributed by atoms with Gasteiger partial charge in [-0.05, 0) is 18.2 Å². The summed E-state index contributed by atoms with van der Waals surface area (Å²) in [4.78, 5) is 17.4. The van der Waals surface area contributed by atoms with Gasteiger partial charge in [-0.2, -0.15) is 0 Å². The lowest BCUT2D eigenvalue weighted by Crippen LogP contribution is -2.25. The van der Waals surface area contributed by atoms with Crippen molar-refractivity contribution >= 4 is 38.6 Å². The van der Waals surface area contributed by atoms with Crippen LogP contribution in [0.5, 0.6) is 0 Å². The smallest absolute Gasteiger partial charge is 0.262 e. The van der Waals surface area contributed by atoms with E-state index in [4.69, 9.17) is 9.15 Å². The summed E-state index contributed by atoms with van der Waals surface area (Å²) in [6, 6.07) is 5.47. The molecule has 2 aromatic heterocycles. The maximum absolute atomic E-state index is 12.8. The molecule has 3 aromatic rings. The molecule has 0 saturated heterocycles. The van der Waals surface area contributed by atoms with E-state index in [1.165, 1.54) is 11.8 Å². The lowest BCUT2D eigenvalue weighted by Gasteiger charge is -2.12. The number of methoxy groups -OCH3 is 1. The van der Waals surface area contributed by atoms with Gasteiger partial charge in [0.1, 0.15) is 0 Å². The van der Waals surface area contributed by atoms with Crippen LogP contribution in [0.3, 0.4) is 0 Å². The minimum absolute atomic E-state index is 0.0949. The van der Waals surface area contributed by atoms with E-state index in [9.17, 15) is 4.79 Å². The Bertz CT molecular complexity index is 925. The summed E-state index contributed by atoms with van der Waals surface area (Å²) in [5, 5.41) is 8.94.